The number of hydrazine groups is 1. The van der Waals surface area contributed by atoms with Crippen LogP contribution in [0.5, 0.6) is 5.75 Å². The second-order valence-corrected chi connectivity index (χ2v) is 4.86. The quantitative estimate of drug-likeness (QED) is 0.393. The number of anilines is 1. The van der Waals surface area contributed by atoms with Gasteiger partial charge in [-0.15, -0.1) is 0 Å². The highest BCUT2D eigenvalue weighted by Gasteiger charge is 2.32. The second-order valence-electron chi connectivity index (χ2n) is 4.86. The molecule has 0 saturated carbocycles. The van der Waals surface area contributed by atoms with Crippen LogP contribution in [-0.2, 0) is 6.18 Å². The van der Waals surface area contributed by atoms with Gasteiger partial charge in [0.2, 0.25) is 0 Å². The summed E-state index contributed by atoms with van der Waals surface area (Å²) in [6, 6.07) is 7.20. The second kappa shape index (κ2) is 6.77. The zero-order valence-corrected chi connectivity index (χ0v) is 12.8. The average Bonchev–Trinajstić information content (AvgIpc) is 2.59. The Labute approximate surface area is 139 Å². The number of rotatable bonds is 4. The Hall–Kier alpha value is -3.14. The van der Waals surface area contributed by atoms with Crippen molar-refractivity contribution in [1.29, 1.82) is 0 Å². The summed E-state index contributed by atoms with van der Waals surface area (Å²) in [6.45, 7) is 0. The first-order chi connectivity index (χ1) is 11.6. The molecule has 132 valence electrons. The van der Waals surface area contributed by atoms with Crippen LogP contribution in [0.1, 0.15) is 15.9 Å². The van der Waals surface area contributed by atoms with Crippen LogP contribution in [0, 0.1) is 10.1 Å². The van der Waals surface area contributed by atoms with Gasteiger partial charge in [-0.1, -0.05) is 6.07 Å². The lowest BCUT2D eigenvalue weighted by molar-refractivity contribution is -0.385. The molecule has 0 aliphatic carbocycles. The molecule has 0 atom stereocenters. The molecule has 0 bridgehead atoms. The van der Waals surface area contributed by atoms with Crippen molar-refractivity contribution < 1.29 is 27.6 Å². The number of methoxy groups -OCH3 is 1. The number of hydrogen-bond acceptors (Lipinski definition) is 5. The summed E-state index contributed by atoms with van der Waals surface area (Å²) in [6.07, 6.45) is -4.62. The number of nitro groups is 1. The van der Waals surface area contributed by atoms with Gasteiger partial charge in [0.25, 0.3) is 11.6 Å². The number of nitrogens with zero attached hydrogens (tertiary/aromatic N) is 2. The van der Waals surface area contributed by atoms with E-state index in [2.05, 4.69) is 0 Å². The summed E-state index contributed by atoms with van der Waals surface area (Å²) in [7, 11) is 1.29. The zero-order valence-electron chi connectivity index (χ0n) is 12.8. The topological polar surface area (TPSA) is 98.7 Å². The lowest BCUT2D eigenvalue weighted by Crippen LogP contribution is -2.38. The predicted molar refractivity (Wildman–Crippen MR) is 82.1 cm³/mol. The minimum absolute atomic E-state index is 0.144. The van der Waals surface area contributed by atoms with Crippen LogP contribution in [0.25, 0.3) is 0 Å². The Bertz CT molecular complexity index is 824. The molecular formula is C15H12F3N3O4. The summed E-state index contributed by atoms with van der Waals surface area (Å²) < 4.78 is 43.1. The van der Waals surface area contributed by atoms with E-state index >= 15 is 0 Å². The van der Waals surface area contributed by atoms with Crippen LogP contribution in [0.3, 0.4) is 0 Å². The molecule has 0 spiro atoms. The van der Waals surface area contributed by atoms with Gasteiger partial charge in [0.15, 0.2) is 0 Å². The number of benzene rings is 2. The molecule has 0 aliphatic rings. The van der Waals surface area contributed by atoms with Gasteiger partial charge >= 0.3 is 6.18 Å². The fourth-order valence-corrected chi connectivity index (χ4v) is 2.05. The predicted octanol–water partition coefficient (Wildman–Crippen LogP) is 3.14. The van der Waals surface area contributed by atoms with Crippen LogP contribution in [-0.4, -0.2) is 17.9 Å². The number of alkyl halides is 3. The summed E-state index contributed by atoms with van der Waals surface area (Å²) in [5.74, 6) is 4.70. The molecule has 0 saturated heterocycles. The first kappa shape index (κ1) is 18.2. The van der Waals surface area contributed by atoms with Crippen molar-refractivity contribution in [2.75, 3.05) is 12.1 Å². The van der Waals surface area contributed by atoms with Gasteiger partial charge in [-0.3, -0.25) is 14.9 Å². The molecule has 0 radical (unpaired) electrons. The number of carbonyl (C=O) groups is 1. The van der Waals surface area contributed by atoms with Gasteiger partial charge < -0.3 is 4.74 Å². The monoisotopic (exact) mass is 355 g/mol. The molecule has 0 aliphatic heterocycles. The third kappa shape index (κ3) is 3.86. The SMILES string of the molecule is COc1ccc(C(=O)N(N)c2cccc(C(F)(F)F)c2)c([N+](=O)[O-])c1. The first-order valence-electron chi connectivity index (χ1n) is 6.74. The fraction of sp³-hybridized carbons (Fsp3) is 0.133. The molecule has 2 N–H and O–H groups in total. The van der Waals surface area contributed by atoms with Gasteiger partial charge in [0.1, 0.15) is 11.3 Å². The molecule has 0 heterocycles. The Kier molecular flexibility index (Phi) is 4.93. The minimum atomic E-state index is -4.62. The van der Waals surface area contributed by atoms with Crippen molar-refractivity contribution in [3.8, 4) is 5.75 Å². The van der Waals surface area contributed by atoms with E-state index < -0.39 is 28.3 Å². The van der Waals surface area contributed by atoms with E-state index in [0.717, 1.165) is 24.3 Å². The van der Waals surface area contributed by atoms with Gasteiger partial charge in [0, 0.05) is 0 Å². The molecule has 2 aromatic rings. The van der Waals surface area contributed by atoms with Crippen molar-refractivity contribution in [2.45, 2.75) is 6.18 Å². The molecule has 0 aromatic heterocycles. The van der Waals surface area contributed by atoms with Crippen molar-refractivity contribution in [1.82, 2.24) is 0 Å². The molecule has 0 fully saturated rings. The zero-order chi connectivity index (χ0) is 18.8. The van der Waals surface area contributed by atoms with Gasteiger partial charge in [-0.05, 0) is 30.3 Å². The Morgan fingerprint density at radius 1 is 1.24 bits per heavy atom. The van der Waals surface area contributed by atoms with Crippen molar-refractivity contribution >= 4 is 17.3 Å². The van der Waals surface area contributed by atoms with Crippen LogP contribution in [0.2, 0.25) is 0 Å². The van der Waals surface area contributed by atoms with E-state index in [-0.39, 0.29) is 17.0 Å². The van der Waals surface area contributed by atoms with Crippen LogP contribution < -0.4 is 15.6 Å². The van der Waals surface area contributed by atoms with Crippen LogP contribution >= 0.6 is 0 Å². The summed E-state index contributed by atoms with van der Waals surface area (Å²) in [4.78, 5) is 22.7. The highest BCUT2D eigenvalue weighted by molar-refractivity contribution is 6.08. The highest BCUT2D eigenvalue weighted by Crippen LogP contribution is 2.32. The maximum Gasteiger partial charge on any atom is 0.416 e. The lowest BCUT2D eigenvalue weighted by Gasteiger charge is -2.18. The number of amides is 1. The average molecular weight is 355 g/mol. The van der Waals surface area contributed by atoms with Crippen LogP contribution in [0.4, 0.5) is 24.5 Å². The smallest absolute Gasteiger partial charge is 0.416 e. The Morgan fingerprint density at radius 2 is 1.92 bits per heavy atom. The summed E-state index contributed by atoms with van der Waals surface area (Å²) in [5.41, 5.74) is -2.22. The van der Waals surface area contributed by atoms with E-state index in [1.54, 1.807) is 0 Å². The Balaban J connectivity index is 2.43. The summed E-state index contributed by atoms with van der Waals surface area (Å²) in [5, 5.41) is 11.5. The van der Waals surface area contributed by atoms with E-state index in [0.29, 0.717) is 11.1 Å². The van der Waals surface area contributed by atoms with Crippen LogP contribution in [0.15, 0.2) is 42.5 Å². The van der Waals surface area contributed by atoms with Crippen molar-refractivity contribution in [2.24, 2.45) is 5.84 Å². The molecule has 25 heavy (non-hydrogen) atoms. The maximum atomic E-state index is 12.8. The van der Waals surface area contributed by atoms with Gasteiger partial charge in [-0.25, -0.2) is 10.9 Å². The van der Waals surface area contributed by atoms with E-state index in [1.807, 2.05) is 0 Å². The highest BCUT2D eigenvalue weighted by atomic mass is 19.4. The maximum absolute atomic E-state index is 12.8. The third-order valence-electron chi connectivity index (χ3n) is 3.30. The largest absolute Gasteiger partial charge is 0.497 e. The number of hydrogen-bond donors (Lipinski definition) is 1. The Morgan fingerprint density at radius 3 is 2.48 bits per heavy atom. The minimum Gasteiger partial charge on any atom is -0.497 e. The molecule has 2 rings (SSSR count). The third-order valence-corrected chi connectivity index (χ3v) is 3.30. The number of nitro benzene ring substituents is 1. The van der Waals surface area contributed by atoms with E-state index in [1.165, 1.54) is 19.2 Å². The molecule has 1 amide bonds. The van der Waals surface area contributed by atoms with E-state index in [4.69, 9.17) is 10.6 Å². The molecule has 2 aromatic carbocycles. The standard InChI is InChI=1S/C15H12F3N3O4/c1-25-11-5-6-12(13(8-11)21(23)24)14(22)20(19)10-4-2-3-9(7-10)15(16,17)18/h2-8H,19H2,1H3. The van der Waals surface area contributed by atoms with Gasteiger partial charge in [-0.2, -0.15) is 13.2 Å². The fourth-order valence-electron chi connectivity index (χ4n) is 2.05. The molecule has 7 nitrogen and oxygen atoms in total. The summed E-state index contributed by atoms with van der Waals surface area (Å²) >= 11 is 0. The van der Waals surface area contributed by atoms with Crippen molar-refractivity contribution in [3.63, 3.8) is 0 Å². The lowest BCUT2D eigenvalue weighted by atomic mass is 10.1. The first-order valence-corrected chi connectivity index (χ1v) is 6.74. The number of ether oxygens (including phenoxy) is 1. The number of nitrogens with two attached hydrogens (primary N) is 1. The van der Waals surface area contributed by atoms with E-state index in [9.17, 15) is 28.1 Å². The number of halogens is 3. The van der Waals surface area contributed by atoms with Crippen molar-refractivity contribution in [3.05, 3.63) is 63.7 Å². The normalized spacial score (nSPS) is 11.1. The molecule has 10 heteroatoms. The van der Waals surface area contributed by atoms with Gasteiger partial charge in [0.05, 0.1) is 29.4 Å². The number of carbonyl (C=O) groups excluding carboxylic acids is 1. The molecule has 0 unspecified atom stereocenters. The molecular weight excluding hydrogens is 343 g/mol.